The van der Waals surface area contributed by atoms with Gasteiger partial charge in [-0.1, -0.05) is 35.5 Å². The number of carbonyl (C=O) groups excluding carboxylic acids is 1. The lowest BCUT2D eigenvalue weighted by Crippen LogP contribution is -2.26. The van der Waals surface area contributed by atoms with E-state index in [0.717, 1.165) is 55.3 Å². The van der Waals surface area contributed by atoms with Gasteiger partial charge in [0.2, 0.25) is 0 Å². The van der Waals surface area contributed by atoms with Gasteiger partial charge in [0.05, 0.1) is 5.69 Å². The summed E-state index contributed by atoms with van der Waals surface area (Å²) in [6.45, 7) is 7.86. The fraction of sp³-hybridized carbons (Fsp3) is 0.364. The maximum Gasteiger partial charge on any atom is 0.268 e. The molecule has 0 saturated carbocycles. The first-order chi connectivity index (χ1) is 13.6. The Morgan fingerprint density at radius 3 is 2.71 bits per heavy atom. The molecule has 146 valence electrons. The maximum atomic E-state index is 12.8. The standard InChI is InChI=1S/C22H26N4O2/c1-16-20(17(2)28-24-16)13-23-22(27)21-10-9-19-15-25(11-6-12-26(19)21)14-18-7-4-3-5-8-18/h3-5,7-10H,6,11-15H2,1-2H3,(H,23,27). The molecule has 0 saturated heterocycles. The van der Waals surface area contributed by atoms with Gasteiger partial charge < -0.3 is 14.4 Å². The summed E-state index contributed by atoms with van der Waals surface area (Å²) in [5.41, 5.74) is 5.01. The fourth-order valence-corrected chi connectivity index (χ4v) is 3.86. The summed E-state index contributed by atoms with van der Waals surface area (Å²) in [6.07, 6.45) is 1.03. The number of carbonyl (C=O) groups is 1. The van der Waals surface area contributed by atoms with Gasteiger partial charge in [0.15, 0.2) is 0 Å². The van der Waals surface area contributed by atoms with Crippen LogP contribution >= 0.6 is 0 Å². The van der Waals surface area contributed by atoms with Crippen molar-refractivity contribution in [2.75, 3.05) is 6.54 Å². The second-order valence-corrected chi connectivity index (χ2v) is 7.40. The lowest BCUT2D eigenvalue weighted by Gasteiger charge is -2.19. The Hall–Kier alpha value is -2.86. The topological polar surface area (TPSA) is 63.3 Å². The summed E-state index contributed by atoms with van der Waals surface area (Å²) < 4.78 is 7.33. The number of aromatic nitrogens is 2. The normalized spacial score (nSPS) is 14.5. The number of fused-ring (bicyclic) bond motifs is 1. The van der Waals surface area contributed by atoms with Crippen LogP contribution in [-0.2, 0) is 26.2 Å². The first-order valence-corrected chi connectivity index (χ1v) is 9.76. The summed E-state index contributed by atoms with van der Waals surface area (Å²) in [6, 6.07) is 14.5. The molecule has 6 heteroatoms. The van der Waals surface area contributed by atoms with Gasteiger partial charge in [-0.3, -0.25) is 9.69 Å². The number of nitrogens with zero attached hydrogens (tertiary/aromatic N) is 3. The van der Waals surface area contributed by atoms with Crippen molar-refractivity contribution in [2.45, 2.75) is 46.4 Å². The summed E-state index contributed by atoms with van der Waals surface area (Å²) in [5.74, 6) is 0.700. The predicted octanol–water partition coefficient (Wildman–Crippen LogP) is 3.43. The van der Waals surface area contributed by atoms with E-state index in [-0.39, 0.29) is 5.91 Å². The molecule has 2 aromatic heterocycles. The Bertz CT molecular complexity index is 939. The van der Waals surface area contributed by atoms with Crippen LogP contribution in [0.25, 0.3) is 0 Å². The molecule has 0 fully saturated rings. The van der Waals surface area contributed by atoms with Crippen molar-refractivity contribution < 1.29 is 9.32 Å². The predicted molar refractivity (Wildman–Crippen MR) is 107 cm³/mol. The Morgan fingerprint density at radius 1 is 1.14 bits per heavy atom. The van der Waals surface area contributed by atoms with Crippen LogP contribution in [0.1, 0.15) is 45.2 Å². The van der Waals surface area contributed by atoms with Gasteiger partial charge in [0, 0.05) is 44.0 Å². The SMILES string of the molecule is Cc1noc(C)c1CNC(=O)c1ccc2n1CCCN(Cc1ccccc1)C2. The van der Waals surface area contributed by atoms with Crippen molar-refractivity contribution in [2.24, 2.45) is 0 Å². The molecular weight excluding hydrogens is 352 g/mol. The van der Waals surface area contributed by atoms with Crippen LogP contribution < -0.4 is 5.32 Å². The molecular formula is C22H26N4O2. The molecule has 1 aromatic carbocycles. The van der Waals surface area contributed by atoms with Crippen LogP contribution in [0.3, 0.4) is 0 Å². The van der Waals surface area contributed by atoms with Crippen LogP contribution in [0, 0.1) is 13.8 Å². The molecule has 0 unspecified atom stereocenters. The quantitative estimate of drug-likeness (QED) is 0.739. The van der Waals surface area contributed by atoms with Crippen molar-refractivity contribution >= 4 is 5.91 Å². The molecule has 4 rings (SSSR count). The molecule has 3 heterocycles. The highest BCUT2D eigenvalue weighted by atomic mass is 16.5. The van der Waals surface area contributed by atoms with E-state index in [1.807, 2.05) is 26.0 Å². The third kappa shape index (κ3) is 3.87. The van der Waals surface area contributed by atoms with Crippen LogP contribution in [-0.4, -0.2) is 27.1 Å². The number of benzene rings is 1. The monoisotopic (exact) mass is 378 g/mol. The van der Waals surface area contributed by atoms with E-state index in [9.17, 15) is 4.79 Å². The van der Waals surface area contributed by atoms with Crippen molar-refractivity contribution in [3.8, 4) is 0 Å². The number of hydrogen-bond donors (Lipinski definition) is 1. The lowest BCUT2D eigenvalue weighted by molar-refractivity contribution is 0.0941. The van der Waals surface area contributed by atoms with Gasteiger partial charge in [-0.25, -0.2) is 0 Å². The van der Waals surface area contributed by atoms with Gasteiger partial charge >= 0.3 is 0 Å². The van der Waals surface area contributed by atoms with Crippen molar-refractivity contribution in [1.29, 1.82) is 0 Å². The zero-order valence-corrected chi connectivity index (χ0v) is 16.4. The number of rotatable bonds is 5. The first kappa shape index (κ1) is 18.5. The molecule has 0 radical (unpaired) electrons. The minimum Gasteiger partial charge on any atom is -0.361 e. The van der Waals surface area contributed by atoms with Gasteiger partial charge in [-0.05, 0) is 38.0 Å². The second kappa shape index (κ2) is 8.02. The van der Waals surface area contributed by atoms with Crippen molar-refractivity contribution in [3.63, 3.8) is 0 Å². The fourth-order valence-electron chi connectivity index (χ4n) is 3.86. The minimum atomic E-state index is -0.0530. The van der Waals surface area contributed by atoms with Crippen LogP contribution in [0.2, 0.25) is 0 Å². The van der Waals surface area contributed by atoms with Crippen LogP contribution in [0.15, 0.2) is 47.0 Å². The van der Waals surface area contributed by atoms with Crippen LogP contribution in [0.4, 0.5) is 0 Å². The molecule has 3 aromatic rings. The minimum absolute atomic E-state index is 0.0530. The van der Waals surface area contributed by atoms with Crippen molar-refractivity contribution in [1.82, 2.24) is 19.9 Å². The van der Waals surface area contributed by atoms with E-state index >= 15 is 0 Å². The molecule has 1 aliphatic heterocycles. The second-order valence-electron chi connectivity index (χ2n) is 7.40. The largest absolute Gasteiger partial charge is 0.361 e. The highest BCUT2D eigenvalue weighted by molar-refractivity contribution is 5.92. The third-order valence-electron chi connectivity index (χ3n) is 5.40. The molecule has 28 heavy (non-hydrogen) atoms. The average molecular weight is 378 g/mol. The summed E-state index contributed by atoms with van der Waals surface area (Å²) >= 11 is 0. The third-order valence-corrected chi connectivity index (χ3v) is 5.40. The van der Waals surface area contributed by atoms with Gasteiger partial charge in [-0.2, -0.15) is 0 Å². The number of nitrogens with one attached hydrogen (secondary N) is 1. The molecule has 1 amide bonds. The Kier molecular flexibility index (Phi) is 5.30. The average Bonchev–Trinajstić information content (AvgIpc) is 3.17. The van der Waals surface area contributed by atoms with Gasteiger partial charge in [-0.15, -0.1) is 0 Å². The Balaban J connectivity index is 1.44. The van der Waals surface area contributed by atoms with Crippen LogP contribution in [0.5, 0.6) is 0 Å². The van der Waals surface area contributed by atoms with E-state index < -0.39 is 0 Å². The molecule has 0 spiro atoms. The zero-order chi connectivity index (χ0) is 19.5. The van der Waals surface area contributed by atoms with E-state index in [2.05, 4.69) is 50.3 Å². The number of aryl methyl sites for hydroxylation is 2. The first-order valence-electron chi connectivity index (χ1n) is 9.76. The Morgan fingerprint density at radius 2 is 1.96 bits per heavy atom. The van der Waals surface area contributed by atoms with E-state index in [1.54, 1.807) is 0 Å². The summed E-state index contributed by atoms with van der Waals surface area (Å²) in [4.78, 5) is 15.2. The van der Waals surface area contributed by atoms with Gasteiger partial charge in [0.1, 0.15) is 11.5 Å². The van der Waals surface area contributed by atoms with E-state index in [4.69, 9.17) is 4.52 Å². The molecule has 1 N–H and O–H groups in total. The maximum absolute atomic E-state index is 12.8. The van der Waals surface area contributed by atoms with E-state index in [1.165, 1.54) is 11.3 Å². The van der Waals surface area contributed by atoms with E-state index in [0.29, 0.717) is 6.54 Å². The number of amides is 1. The molecule has 0 aliphatic carbocycles. The zero-order valence-electron chi connectivity index (χ0n) is 16.4. The molecule has 6 nitrogen and oxygen atoms in total. The van der Waals surface area contributed by atoms with Crippen molar-refractivity contribution in [3.05, 3.63) is 76.4 Å². The van der Waals surface area contributed by atoms with Gasteiger partial charge in [0.25, 0.3) is 5.91 Å². The molecule has 0 atom stereocenters. The summed E-state index contributed by atoms with van der Waals surface area (Å²) in [7, 11) is 0. The highest BCUT2D eigenvalue weighted by Gasteiger charge is 2.20. The Labute approximate surface area is 165 Å². The highest BCUT2D eigenvalue weighted by Crippen LogP contribution is 2.19. The smallest absolute Gasteiger partial charge is 0.268 e. The molecule has 0 bridgehead atoms. The lowest BCUT2D eigenvalue weighted by atomic mass is 10.2. The summed E-state index contributed by atoms with van der Waals surface area (Å²) in [5, 5.41) is 6.96. The number of hydrogen-bond acceptors (Lipinski definition) is 4. The molecule has 1 aliphatic rings.